The minimum Gasteiger partial charge on any atom is -0.330 e. The van der Waals surface area contributed by atoms with Crippen LogP contribution in [-0.2, 0) is 0 Å². The van der Waals surface area contributed by atoms with Crippen molar-refractivity contribution in [2.75, 3.05) is 13.1 Å². The largest absolute Gasteiger partial charge is 0.330 e. The molecular formula is C11H22N2. The van der Waals surface area contributed by atoms with Crippen molar-refractivity contribution >= 4 is 0 Å². The number of nitrogens with two attached hydrogens (primary N) is 1. The van der Waals surface area contributed by atoms with E-state index in [1.807, 2.05) is 0 Å². The van der Waals surface area contributed by atoms with E-state index in [4.69, 9.17) is 5.73 Å². The molecule has 2 nitrogen and oxygen atoms in total. The van der Waals surface area contributed by atoms with Gasteiger partial charge in [0.1, 0.15) is 0 Å². The van der Waals surface area contributed by atoms with Gasteiger partial charge in [-0.2, -0.15) is 0 Å². The molecule has 0 saturated heterocycles. The summed E-state index contributed by atoms with van der Waals surface area (Å²) in [6.07, 6.45) is 8.41. The smallest absolute Gasteiger partial charge is 0.00683 e. The summed E-state index contributed by atoms with van der Waals surface area (Å²) >= 11 is 0. The van der Waals surface area contributed by atoms with E-state index in [-0.39, 0.29) is 0 Å². The Hall–Kier alpha value is -0.0800. The van der Waals surface area contributed by atoms with Gasteiger partial charge in [-0.25, -0.2) is 0 Å². The van der Waals surface area contributed by atoms with Gasteiger partial charge in [-0.1, -0.05) is 12.8 Å². The number of nitrogens with one attached hydrogen (secondary N) is 1. The molecule has 0 aliphatic heterocycles. The minimum atomic E-state index is 0.806. The van der Waals surface area contributed by atoms with Crippen molar-refractivity contribution in [3.63, 3.8) is 0 Å². The van der Waals surface area contributed by atoms with Gasteiger partial charge < -0.3 is 11.1 Å². The van der Waals surface area contributed by atoms with Crippen LogP contribution in [0.25, 0.3) is 0 Å². The number of rotatable bonds is 4. The summed E-state index contributed by atoms with van der Waals surface area (Å²) in [6, 6.07) is 0.861. The topological polar surface area (TPSA) is 38.0 Å². The highest BCUT2D eigenvalue weighted by molar-refractivity contribution is 4.84. The third-order valence-corrected chi connectivity index (χ3v) is 3.62. The van der Waals surface area contributed by atoms with E-state index in [2.05, 4.69) is 5.32 Å². The third-order valence-electron chi connectivity index (χ3n) is 3.62. The summed E-state index contributed by atoms with van der Waals surface area (Å²) < 4.78 is 0. The van der Waals surface area contributed by atoms with E-state index in [1.165, 1.54) is 45.1 Å². The monoisotopic (exact) mass is 182 g/mol. The van der Waals surface area contributed by atoms with Crippen LogP contribution < -0.4 is 11.1 Å². The van der Waals surface area contributed by atoms with Gasteiger partial charge in [0.25, 0.3) is 0 Å². The predicted octanol–water partition coefficient (Wildman–Crippen LogP) is 1.50. The van der Waals surface area contributed by atoms with Crippen molar-refractivity contribution in [2.45, 2.75) is 44.6 Å². The van der Waals surface area contributed by atoms with Crippen molar-refractivity contribution < 1.29 is 0 Å². The van der Waals surface area contributed by atoms with Gasteiger partial charge >= 0.3 is 0 Å². The lowest BCUT2D eigenvalue weighted by Gasteiger charge is -2.30. The molecule has 2 aliphatic rings. The molecular weight excluding hydrogens is 160 g/mol. The van der Waals surface area contributed by atoms with Crippen LogP contribution in [0, 0.1) is 11.8 Å². The molecule has 2 unspecified atom stereocenters. The molecule has 76 valence electrons. The zero-order chi connectivity index (χ0) is 9.10. The maximum atomic E-state index is 5.79. The van der Waals surface area contributed by atoms with Crippen molar-refractivity contribution in [3.05, 3.63) is 0 Å². The van der Waals surface area contributed by atoms with Crippen molar-refractivity contribution in [1.29, 1.82) is 0 Å². The lowest BCUT2D eigenvalue weighted by molar-refractivity contribution is 0.235. The van der Waals surface area contributed by atoms with Crippen LogP contribution >= 0.6 is 0 Å². The molecule has 2 atom stereocenters. The maximum Gasteiger partial charge on any atom is 0.00683 e. The average molecular weight is 182 g/mol. The van der Waals surface area contributed by atoms with E-state index in [1.54, 1.807) is 0 Å². The van der Waals surface area contributed by atoms with Crippen molar-refractivity contribution in [2.24, 2.45) is 17.6 Å². The predicted molar refractivity (Wildman–Crippen MR) is 55.5 cm³/mol. The van der Waals surface area contributed by atoms with Gasteiger partial charge in [-0.05, 0) is 50.6 Å². The van der Waals surface area contributed by atoms with Gasteiger partial charge in [-0.15, -0.1) is 0 Å². The molecule has 0 amide bonds. The van der Waals surface area contributed by atoms with E-state index < -0.39 is 0 Å². The van der Waals surface area contributed by atoms with Gasteiger partial charge in [0.2, 0.25) is 0 Å². The standard InChI is InChI=1S/C11H22N2/c12-7-9-3-1-2-4-10(9)8-13-11-5-6-11/h9-11,13H,1-8,12H2. The van der Waals surface area contributed by atoms with E-state index >= 15 is 0 Å². The van der Waals surface area contributed by atoms with Crippen LogP contribution in [0.2, 0.25) is 0 Å². The molecule has 0 aromatic heterocycles. The molecule has 0 aromatic rings. The normalized spacial score (nSPS) is 34.8. The molecule has 2 aliphatic carbocycles. The Labute approximate surface area is 81.3 Å². The van der Waals surface area contributed by atoms with Crippen LogP contribution in [0.1, 0.15) is 38.5 Å². The lowest BCUT2D eigenvalue weighted by atomic mass is 9.79. The first-order chi connectivity index (χ1) is 6.40. The Bertz CT molecular complexity index is 154. The first-order valence-corrected chi connectivity index (χ1v) is 5.83. The summed E-state index contributed by atoms with van der Waals surface area (Å²) in [6.45, 7) is 2.13. The van der Waals surface area contributed by atoms with Gasteiger partial charge in [0.15, 0.2) is 0 Å². The maximum absolute atomic E-state index is 5.79. The second-order valence-corrected chi connectivity index (χ2v) is 4.72. The number of hydrogen-bond acceptors (Lipinski definition) is 2. The molecule has 0 aromatic carbocycles. The Kier molecular flexibility index (Phi) is 3.23. The van der Waals surface area contributed by atoms with E-state index in [9.17, 15) is 0 Å². The molecule has 0 radical (unpaired) electrons. The fourth-order valence-corrected chi connectivity index (χ4v) is 2.47. The molecule has 2 saturated carbocycles. The zero-order valence-corrected chi connectivity index (χ0v) is 8.47. The highest BCUT2D eigenvalue weighted by atomic mass is 14.9. The molecule has 13 heavy (non-hydrogen) atoms. The Balaban J connectivity index is 1.72. The number of hydrogen-bond donors (Lipinski definition) is 2. The molecule has 2 heteroatoms. The highest BCUT2D eigenvalue weighted by Crippen LogP contribution is 2.29. The molecule has 0 bridgehead atoms. The van der Waals surface area contributed by atoms with Gasteiger partial charge in [-0.3, -0.25) is 0 Å². The Morgan fingerprint density at radius 3 is 2.31 bits per heavy atom. The van der Waals surface area contributed by atoms with Crippen LogP contribution in [0.15, 0.2) is 0 Å². The Morgan fingerprint density at radius 1 is 1.00 bits per heavy atom. The summed E-state index contributed by atoms with van der Waals surface area (Å²) in [7, 11) is 0. The van der Waals surface area contributed by atoms with Crippen LogP contribution in [0.3, 0.4) is 0 Å². The molecule has 3 N–H and O–H groups in total. The molecule has 2 fully saturated rings. The fraction of sp³-hybridized carbons (Fsp3) is 1.00. The molecule has 0 spiro atoms. The summed E-state index contributed by atoms with van der Waals surface area (Å²) in [5.74, 6) is 1.68. The molecule has 0 heterocycles. The first-order valence-electron chi connectivity index (χ1n) is 5.83. The van der Waals surface area contributed by atoms with Crippen molar-refractivity contribution in [1.82, 2.24) is 5.32 Å². The average Bonchev–Trinajstić information content (AvgIpc) is 2.99. The zero-order valence-electron chi connectivity index (χ0n) is 8.47. The molecule has 2 rings (SSSR count). The quantitative estimate of drug-likeness (QED) is 0.691. The third kappa shape index (κ3) is 2.68. The lowest BCUT2D eigenvalue weighted by Crippen LogP contribution is -2.35. The summed E-state index contributed by atoms with van der Waals surface area (Å²) in [5.41, 5.74) is 5.79. The first kappa shape index (κ1) is 9.47. The minimum absolute atomic E-state index is 0.806. The second kappa shape index (κ2) is 4.43. The van der Waals surface area contributed by atoms with Gasteiger partial charge in [0.05, 0.1) is 0 Å². The van der Waals surface area contributed by atoms with Crippen LogP contribution in [-0.4, -0.2) is 19.1 Å². The Morgan fingerprint density at radius 2 is 1.69 bits per heavy atom. The summed E-state index contributed by atoms with van der Waals surface area (Å²) in [4.78, 5) is 0. The highest BCUT2D eigenvalue weighted by Gasteiger charge is 2.26. The second-order valence-electron chi connectivity index (χ2n) is 4.72. The van der Waals surface area contributed by atoms with Crippen LogP contribution in [0.5, 0.6) is 0 Å². The SMILES string of the molecule is NCC1CCCCC1CNC1CC1. The van der Waals surface area contributed by atoms with Crippen LogP contribution in [0.4, 0.5) is 0 Å². The van der Waals surface area contributed by atoms with Crippen molar-refractivity contribution in [3.8, 4) is 0 Å². The fourth-order valence-electron chi connectivity index (χ4n) is 2.47. The van der Waals surface area contributed by atoms with E-state index in [0.717, 1.165) is 24.4 Å². The summed E-state index contributed by atoms with van der Waals surface area (Å²) in [5, 5.41) is 3.64. The van der Waals surface area contributed by atoms with Gasteiger partial charge in [0, 0.05) is 6.04 Å². The van der Waals surface area contributed by atoms with E-state index in [0.29, 0.717) is 0 Å².